The molecule has 0 atom stereocenters. The molecular formula is C9H7ClFNS. The number of aromatic nitrogens is 1. The lowest BCUT2D eigenvalue weighted by Crippen LogP contribution is -1.76. The van der Waals surface area contributed by atoms with Gasteiger partial charge in [0.05, 0.1) is 20.2 Å². The van der Waals surface area contributed by atoms with Crippen LogP contribution in [0.2, 0.25) is 5.02 Å². The van der Waals surface area contributed by atoms with E-state index in [1.807, 2.05) is 6.92 Å². The van der Waals surface area contributed by atoms with E-state index in [2.05, 4.69) is 4.98 Å². The van der Waals surface area contributed by atoms with E-state index < -0.39 is 0 Å². The molecule has 0 aliphatic carbocycles. The maximum absolute atomic E-state index is 12.9. The minimum atomic E-state index is -0.328. The summed E-state index contributed by atoms with van der Waals surface area (Å²) in [4.78, 5) is 4.25. The van der Waals surface area contributed by atoms with Gasteiger partial charge in [-0.05, 0) is 12.5 Å². The van der Waals surface area contributed by atoms with Crippen molar-refractivity contribution in [2.45, 2.75) is 13.3 Å². The Bertz CT molecular complexity index is 452. The van der Waals surface area contributed by atoms with Crippen LogP contribution in [-0.4, -0.2) is 4.98 Å². The molecule has 0 unspecified atom stereocenters. The van der Waals surface area contributed by atoms with Crippen molar-refractivity contribution in [3.05, 3.63) is 28.0 Å². The van der Waals surface area contributed by atoms with Gasteiger partial charge in [0, 0.05) is 6.07 Å². The highest BCUT2D eigenvalue weighted by Gasteiger charge is 2.07. The third-order valence-electron chi connectivity index (χ3n) is 1.76. The average Bonchev–Trinajstić information content (AvgIpc) is 2.47. The maximum atomic E-state index is 12.9. The summed E-state index contributed by atoms with van der Waals surface area (Å²) in [6.45, 7) is 2.02. The molecule has 0 amide bonds. The van der Waals surface area contributed by atoms with E-state index in [0.717, 1.165) is 16.1 Å². The minimum absolute atomic E-state index is 0.328. The molecule has 2 rings (SSSR count). The van der Waals surface area contributed by atoms with E-state index in [1.54, 1.807) is 0 Å². The predicted molar refractivity (Wildman–Crippen MR) is 54.0 cm³/mol. The molecule has 0 N–H and O–H groups in total. The van der Waals surface area contributed by atoms with E-state index in [0.29, 0.717) is 10.5 Å². The fourth-order valence-electron chi connectivity index (χ4n) is 1.16. The van der Waals surface area contributed by atoms with Gasteiger partial charge < -0.3 is 0 Å². The van der Waals surface area contributed by atoms with Crippen molar-refractivity contribution in [1.29, 1.82) is 0 Å². The van der Waals surface area contributed by atoms with Crippen molar-refractivity contribution in [3.8, 4) is 0 Å². The average molecular weight is 216 g/mol. The zero-order valence-electron chi connectivity index (χ0n) is 6.97. The first-order valence-corrected chi connectivity index (χ1v) is 5.14. The molecule has 68 valence electrons. The van der Waals surface area contributed by atoms with Crippen LogP contribution in [0.5, 0.6) is 0 Å². The number of hydrogen-bond donors (Lipinski definition) is 0. The van der Waals surface area contributed by atoms with Crippen molar-refractivity contribution in [3.63, 3.8) is 0 Å². The molecule has 0 radical (unpaired) electrons. The van der Waals surface area contributed by atoms with Gasteiger partial charge in [-0.25, -0.2) is 9.37 Å². The lowest BCUT2D eigenvalue weighted by molar-refractivity contribution is 0.629. The van der Waals surface area contributed by atoms with Crippen LogP contribution in [0, 0.1) is 5.82 Å². The van der Waals surface area contributed by atoms with Gasteiger partial charge in [0.2, 0.25) is 0 Å². The standard InChI is InChI=1S/C9H7ClFNS/c1-2-8-12-7-4-5(11)3-6(10)9(7)13-8/h3-4H,2H2,1H3. The first-order chi connectivity index (χ1) is 6.20. The van der Waals surface area contributed by atoms with Crippen LogP contribution in [0.25, 0.3) is 10.2 Å². The second-order valence-electron chi connectivity index (χ2n) is 2.70. The maximum Gasteiger partial charge on any atom is 0.126 e. The Kier molecular flexibility index (Phi) is 2.22. The Morgan fingerprint density at radius 2 is 2.31 bits per heavy atom. The Morgan fingerprint density at radius 1 is 1.54 bits per heavy atom. The number of thiazole rings is 1. The van der Waals surface area contributed by atoms with Crippen LogP contribution in [0.15, 0.2) is 12.1 Å². The molecule has 13 heavy (non-hydrogen) atoms. The molecular weight excluding hydrogens is 209 g/mol. The van der Waals surface area contributed by atoms with Crippen LogP contribution < -0.4 is 0 Å². The van der Waals surface area contributed by atoms with Gasteiger partial charge in [0.15, 0.2) is 0 Å². The number of hydrogen-bond acceptors (Lipinski definition) is 2. The van der Waals surface area contributed by atoms with Crippen molar-refractivity contribution in [1.82, 2.24) is 4.98 Å². The van der Waals surface area contributed by atoms with Crippen LogP contribution in [-0.2, 0) is 6.42 Å². The van der Waals surface area contributed by atoms with E-state index in [-0.39, 0.29) is 5.82 Å². The topological polar surface area (TPSA) is 12.9 Å². The summed E-state index contributed by atoms with van der Waals surface area (Å²) >= 11 is 7.39. The van der Waals surface area contributed by atoms with Gasteiger partial charge in [0.1, 0.15) is 5.82 Å². The molecule has 0 fully saturated rings. The van der Waals surface area contributed by atoms with Gasteiger partial charge in [-0.3, -0.25) is 0 Å². The number of rotatable bonds is 1. The molecule has 0 spiro atoms. The summed E-state index contributed by atoms with van der Waals surface area (Å²) in [5.41, 5.74) is 0.659. The molecule has 4 heteroatoms. The minimum Gasteiger partial charge on any atom is -0.241 e. The molecule has 0 saturated heterocycles. The van der Waals surface area contributed by atoms with Crippen molar-refractivity contribution in [2.24, 2.45) is 0 Å². The lowest BCUT2D eigenvalue weighted by Gasteiger charge is -1.91. The fraction of sp³-hybridized carbons (Fsp3) is 0.222. The predicted octanol–water partition coefficient (Wildman–Crippen LogP) is 3.65. The molecule has 0 bridgehead atoms. The fourth-order valence-corrected chi connectivity index (χ4v) is 2.36. The molecule has 1 heterocycles. The number of halogens is 2. The molecule has 1 aromatic carbocycles. The zero-order chi connectivity index (χ0) is 9.42. The third-order valence-corrected chi connectivity index (χ3v) is 3.42. The summed E-state index contributed by atoms with van der Waals surface area (Å²) in [6, 6.07) is 2.73. The van der Waals surface area contributed by atoms with E-state index in [9.17, 15) is 4.39 Å². The highest BCUT2D eigenvalue weighted by Crippen LogP contribution is 2.30. The van der Waals surface area contributed by atoms with Gasteiger partial charge in [-0.15, -0.1) is 11.3 Å². The number of aryl methyl sites for hydroxylation is 1. The van der Waals surface area contributed by atoms with Gasteiger partial charge in [-0.1, -0.05) is 18.5 Å². The number of fused-ring (bicyclic) bond motifs is 1. The molecule has 1 aromatic heterocycles. The Hall–Kier alpha value is -0.670. The SMILES string of the molecule is CCc1nc2cc(F)cc(Cl)c2s1. The van der Waals surface area contributed by atoms with Crippen LogP contribution in [0.3, 0.4) is 0 Å². The highest BCUT2D eigenvalue weighted by molar-refractivity contribution is 7.19. The summed E-state index contributed by atoms with van der Waals surface area (Å²) < 4.78 is 13.8. The molecule has 0 saturated carbocycles. The summed E-state index contributed by atoms with van der Waals surface area (Å²) in [7, 11) is 0. The quantitative estimate of drug-likeness (QED) is 0.708. The van der Waals surface area contributed by atoms with E-state index in [4.69, 9.17) is 11.6 Å². The Labute approximate surface area is 84.2 Å². The Balaban J connectivity index is 2.75. The smallest absolute Gasteiger partial charge is 0.126 e. The molecule has 0 aliphatic rings. The Morgan fingerprint density at radius 3 is 3.00 bits per heavy atom. The van der Waals surface area contributed by atoms with E-state index in [1.165, 1.54) is 23.5 Å². The van der Waals surface area contributed by atoms with Gasteiger partial charge >= 0.3 is 0 Å². The second-order valence-corrected chi connectivity index (χ2v) is 4.19. The van der Waals surface area contributed by atoms with Crippen LogP contribution in [0.1, 0.15) is 11.9 Å². The van der Waals surface area contributed by atoms with Gasteiger partial charge in [-0.2, -0.15) is 0 Å². The van der Waals surface area contributed by atoms with Crippen molar-refractivity contribution in [2.75, 3.05) is 0 Å². The summed E-state index contributed by atoms with van der Waals surface area (Å²) in [6.07, 6.45) is 0.858. The van der Waals surface area contributed by atoms with Crippen molar-refractivity contribution >= 4 is 33.2 Å². The highest BCUT2D eigenvalue weighted by atomic mass is 35.5. The molecule has 0 aliphatic heterocycles. The number of benzene rings is 1. The monoisotopic (exact) mass is 215 g/mol. The first-order valence-electron chi connectivity index (χ1n) is 3.95. The molecule has 2 aromatic rings. The second kappa shape index (κ2) is 3.24. The largest absolute Gasteiger partial charge is 0.241 e. The normalized spacial score (nSPS) is 11.0. The van der Waals surface area contributed by atoms with Crippen LogP contribution >= 0.6 is 22.9 Å². The molecule has 1 nitrogen and oxygen atoms in total. The number of nitrogens with zero attached hydrogens (tertiary/aromatic N) is 1. The van der Waals surface area contributed by atoms with E-state index >= 15 is 0 Å². The lowest BCUT2D eigenvalue weighted by atomic mass is 10.3. The summed E-state index contributed by atoms with van der Waals surface area (Å²) in [5, 5.41) is 1.44. The van der Waals surface area contributed by atoms with Crippen molar-refractivity contribution < 1.29 is 4.39 Å². The third kappa shape index (κ3) is 1.54. The van der Waals surface area contributed by atoms with Gasteiger partial charge in [0.25, 0.3) is 0 Å². The first kappa shape index (κ1) is 8.91. The van der Waals surface area contributed by atoms with Crippen LogP contribution in [0.4, 0.5) is 4.39 Å². The zero-order valence-corrected chi connectivity index (χ0v) is 8.55. The summed E-state index contributed by atoms with van der Waals surface area (Å²) in [5.74, 6) is -0.328.